The highest BCUT2D eigenvalue weighted by Crippen LogP contribution is 2.44. The van der Waals surface area contributed by atoms with Gasteiger partial charge < -0.3 is 4.79 Å². The van der Waals surface area contributed by atoms with Crippen LogP contribution in [0.15, 0.2) is 46.1 Å². The quantitative estimate of drug-likeness (QED) is 0.620. The minimum Gasteiger partial charge on any atom is -0.303 e. The molecule has 3 rings (SSSR count). The van der Waals surface area contributed by atoms with Crippen molar-refractivity contribution in [2.24, 2.45) is 0 Å². The topological polar surface area (TPSA) is 17.1 Å². The van der Waals surface area contributed by atoms with E-state index in [1.54, 1.807) is 0 Å². The van der Waals surface area contributed by atoms with Crippen molar-refractivity contribution in [1.82, 2.24) is 0 Å². The third-order valence-electron chi connectivity index (χ3n) is 3.56. The fourth-order valence-corrected chi connectivity index (χ4v) is 4.18. The van der Waals surface area contributed by atoms with Crippen LogP contribution in [-0.2, 0) is 11.2 Å². The molecule has 0 saturated carbocycles. The van der Waals surface area contributed by atoms with Gasteiger partial charge in [-0.2, -0.15) is 10.9 Å². The number of hydrogen-bond acceptors (Lipinski definition) is 1. The molecule has 2 aliphatic rings. The summed E-state index contributed by atoms with van der Waals surface area (Å²) < 4.78 is 0. The average Bonchev–Trinajstić information content (AvgIpc) is 2.91. The van der Waals surface area contributed by atoms with Crippen molar-refractivity contribution < 1.29 is 4.79 Å². The van der Waals surface area contributed by atoms with Gasteiger partial charge in [0.05, 0.1) is 0 Å². The van der Waals surface area contributed by atoms with E-state index in [9.17, 15) is 4.79 Å². The maximum atomic E-state index is 11.1. The number of carbonyl (C=O) groups excluding carboxylic acids is 1. The van der Waals surface area contributed by atoms with E-state index in [1.165, 1.54) is 16.0 Å². The second-order valence-electron chi connectivity index (χ2n) is 4.61. The first kappa shape index (κ1) is 10.8. The number of carbonyl (C=O) groups is 1. The molecule has 0 saturated heterocycles. The van der Waals surface area contributed by atoms with Crippen molar-refractivity contribution in [2.75, 3.05) is 0 Å². The summed E-state index contributed by atoms with van der Waals surface area (Å²) in [5, 5.41) is 4.52. The Bertz CT molecular complexity index is 490. The summed E-state index contributed by atoms with van der Waals surface area (Å²) in [6, 6.07) is 6.72. The minimum atomic E-state index is -0.257. The van der Waals surface area contributed by atoms with Gasteiger partial charge in [0.2, 0.25) is 0 Å². The highest BCUT2D eigenvalue weighted by atomic mass is 32.2. The van der Waals surface area contributed by atoms with Crippen molar-refractivity contribution in [3.63, 3.8) is 0 Å². The Morgan fingerprint density at radius 1 is 1.24 bits per heavy atom. The van der Waals surface area contributed by atoms with Gasteiger partial charge in [-0.25, -0.2) is 0 Å². The first-order valence-electron chi connectivity index (χ1n) is 6.10. The zero-order valence-electron chi connectivity index (χ0n) is 9.67. The fraction of sp³-hybridized carbons (Fsp3) is 0.267. The summed E-state index contributed by atoms with van der Waals surface area (Å²) in [5.41, 5.74) is 2.65. The van der Waals surface area contributed by atoms with Crippen LogP contribution in [0.1, 0.15) is 29.9 Å². The van der Waals surface area contributed by atoms with Gasteiger partial charge in [-0.3, -0.25) is 0 Å². The van der Waals surface area contributed by atoms with Gasteiger partial charge in [-0.05, 0) is 58.2 Å². The number of thiol groups is 1. The highest BCUT2D eigenvalue weighted by molar-refractivity contribution is 8.22. The molecule has 88 valence electrons. The van der Waals surface area contributed by atoms with Crippen molar-refractivity contribution in [1.29, 1.82) is 0 Å². The van der Waals surface area contributed by atoms with Crippen LogP contribution in [0.4, 0.5) is 0 Å². The highest BCUT2D eigenvalue weighted by Gasteiger charge is 2.20. The molecule has 17 heavy (non-hydrogen) atoms. The molecule has 0 bridgehead atoms. The first-order chi connectivity index (χ1) is 8.38. The Labute approximate surface area is 105 Å². The molecule has 0 spiro atoms. The molecule has 0 aromatic heterocycles. The van der Waals surface area contributed by atoms with Crippen LogP contribution in [-0.4, -0.2) is 6.29 Å². The molecule has 1 aromatic carbocycles. The van der Waals surface area contributed by atoms with E-state index in [4.69, 9.17) is 0 Å². The van der Waals surface area contributed by atoms with Crippen molar-refractivity contribution in [2.45, 2.75) is 30.1 Å². The molecule has 1 aliphatic carbocycles. The van der Waals surface area contributed by atoms with Crippen LogP contribution in [0.25, 0.3) is 0 Å². The lowest BCUT2D eigenvalue weighted by atomic mass is 9.84. The molecule has 1 unspecified atom stereocenters. The molecule has 2 heteroatoms. The number of aldehydes is 1. The Kier molecular flexibility index (Phi) is 2.89. The molecule has 1 aliphatic heterocycles. The predicted octanol–water partition coefficient (Wildman–Crippen LogP) is 3.71. The van der Waals surface area contributed by atoms with E-state index in [0.717, 1.165) is 25.5 Å². The second kappa shape index (κ2) is 4.53. The molecule has 1 heterocycles. The monoisotopic (exact) mass is 244 g/mol. The average molecular weight is 244 g/mol. The summed E-state index contributed by atoms with van der Waals surface area (Å²) in [5.74, 6) is 0.129. The van der Waals surface area contributed by atoms with Gasteiger partial charge in [-0.1, -0.05) is 18.2 Å². The summed E-state index contributed by atoms with van der Waals surface area (Å²) in [6.07, 6.45) is 8.64. The van der Waals surface area contributed by atoms with Gasteiger partial charge in [-0.15, -0.1) is 0 Å². The van der Waals surface area contributed by atoms with Crippen LogP contribution in [0.5, 0.6) is 0 Å². The molecule has 0 radical (unpaired) electrons. The number of benzene rings is 1. The standard InChI is InChI=1S/C15H16OS/c16-11-13-5-3-4-12-6-7-14(10-15(12)13)17-8-1-2-9-17/h1-2,6-11,13,17H,3-5H2. The SMILES string of the molecule is O=CC1CCCc2ccc([SH]3C=CC=C3)cc21. The van der Waals surface area contributed by atoms with Crippen molar-refractivity contribution in [3.8, 4) is 0 Å². The third kappa shape index (κ3) is 1.98. The number of hydrogen-bond donors (Lipinski definition) is 1. The smallest absolute Gasteiger partial charge is 0.127 e. The molecule has 0 amide bonds. The zero-order chi connectivity index (χ0) is 11.7. The van der Waals surface area contributed by atoms with E-state index in [1.807, 2.05) is 0 Å². The lowest BCUT2D eigenvalue weighted by Gasteiger charge is -2.23. The first-order valence-corrected chi connectivity index (χ1v) is 7.58. The Morgan fingerprint density at radius 2 is 2.06 bits per heavy atom. The number of fused-ring (bicyclic) bond motifs is 1. The second-order valence-corrected chi connectivity index (χ2v) is 6.54. The Balaban J connectivity index is 2.01. The summed E-state index contributed by atoms with van der Waals surface area (Å²) in [4.78, 5) is 12.5. The van der Waals surface area contributed by atoms with Gasteiger partial charge in [0, 0.05) is 5.92 Å². The largest absolute Gasteiger partial charge is 0.303 e. The Hall–Kier alpha value is -1.28. The van der Waals surface area contributed by atoms with Crippen LogP contribution >= 0.6 is 10.9 Å². The maximum Gasteiger partial charge on any atom is 0.127 e. The van der Waals surface area contributed by atoms with Crippen LogP contribution < -0.4 is 0 Å². The van der Waals surface area contributed by atoms with E-state index in [-0.39, 0.29) is 16.8 Å². The molecule has 1 atom stereocenters. The molecular formula is C15H16OS. The van der Waals surface area contributed by atoms with Gasteiger partial charge >= 0.3 is 0 Å². The number of rotatable bonds is 2. The van der Waals surface area contributed by atoms with Crippen molar-refractivity contribution >= 4 is 17.2 Å². The molecular weight excluding hydrogens is 228 g/mol. The molecule has 1 aromatic rings. The minimum absolute atomic E-state index is 0.129. The van der Waals surface area contributed by atoms with E-state index in [2.05, 4.69) is 41.2 Å². The lowest BCUT2D eigenvalue weighted by Crippen LogP contribution is -2.10. The van der Waals surface area contributed by atoms with Gasteiger partial charge in [0.1, 0.15) is 6.29 Å². The van der Waals surface area contributed by atoms with Gasteiger partial charge in [0.15, 0.2) is 0 Å². The normalized spacial score (nSPS) is 23.8. The molecule has 0 N–H and O–H groups in total. The lowest BCUT2D eigenvalue weighted by molar-refractivity contribution is -0.109. The third-order valence-corrected chi connectivity index (χ3v) is 5.42. The van der Waals surface area contributed by atoms with E-state index >= 15 is 0 Å². The zero-order valence-corrected chi connectivity index (χ0v) is 10.6. The van der Waals surface area contributed by atoms with Crippen molar-refractivity contribution in [3.05, 3.63) is 52.3 Å². The van der Waals surface area contributed by atoms with Crippen LogP contribution in [0, 0.1) is 0 Å². The fourth-order valence-electron chi connectivity index (χ4n) is 2.63. The predicted molar refractivity (Wildman–Crippen MR) is 73.7 cm³/mol. The van der Waals surface area contributed by atoms with E-state index < -0.39 is 0 Å². The van der Waals surface area contributed by atoms with E-state index in [0.29, 0.717) is 0 Å². The number of allylic oxidation sites excluding steroid dienone is 2. The molecule has 1 nitrogen and oxygen atoms in total. The summed E-state index contributed by atoms with van der Waals surface area (Å²) in [6.45, 7) is 0. The van der Waals surface area contributed by atoms with Crippen LogP contribution in [0.3, 0.4) is 0 Å². The summed E-state index contributed by atoms with van der Waals surface area (Å²) in [7, 11) is -0.257. The Morgan fingerprint density at radius 3 is 2.82 bits per heavy atom. The summed E-state index contributed by atoms with van der Waals surface area (Å²) >= 11 is 0. The van der Waals surface area contributed by atoms with Crippen LogP contribution in [0.2, 0.25) is 0 Å². The maximum absolute atomic E-state index is 11.1. The number of aryl methyl sites for hydroxylation is 1. The molecule has 0 fully saturated rings. The van der Waals surface area contributed by atoms with Gasteiger partial charge in [0.25, 0.3) is 0 Å².